The summed E-state index contributed by atoms with van der Waals surface area (Å²) >= 11 is 1.61. The van der Waals surface area contributed by atoms with Gasteiger partial charge in [0.1, 0.15) is 0 Å². The Kier molecular flexibility index (Phi) is 3.00. The van der Waals surface area contributed by atoms with Crippen LogP contribution in [0.2, 0.25) is 0 Å². The summed E-state index contributed by atoms with van der Waals surface area (Å²) in [5, 5.41) is 4.30. The number of hydrogen-bond acceptors (Lipinski definition) is 3. The number of ketones is 1. The number of hydrogen-bond donors (Lipinski definition) is 1. The predicted molar refractivity (Wildman–Crippen MR) is 75.5 cm³/mol. The van der Waals surface area contributed by atoms with Gasteiger partial charge in [0.25, 0.3) is 0 Å². The van der Waals surface area contributed by atoms with Crippen molar-refractivity contribution in [3.8, 4) is 0 Å². The maximum absolute atomic E-state index is 12.6. The number of carbonyl (C=O) groups is 1. The van der Waals surface area contributed by atoms with E-state index in [0.717, 1.165) is 46.9 Å². The number of Topliss-reactive ketones (excluding diaryl/α,β-unsaturated/α-hetero) is 1. The molecule has 2 aliphatic rings. The molecule has 1 aliphatic carbocycles. The van der Waals surface area contributed by atoms with Gasteiger partial charge in [0.2, 0.25) is 0 Å². The second-order valence-corrected chi connectivity index (χ2v) is 5.83. The first-order valence-corrected chi connectivity index (χ1v) is 7.02. The fraction of sp³-hybridized carbons (Fsp3) is 0.267. The van der Waals surface area contributed by atoms with Crippen LogP contribution in [0.4, 0.5) is 0 Å². The minimum Gasteiger partial charge on any atom is -0.375 e. The molecule has 1 N–H and O–H groups in total. The van der Waals surface area contributed by atoms with Gasteiger partial charge in [0.15, 0.2) is 5.78 Å². The fourth-order valence-electron chi connectivity index (χ4n) is 2.47. The van der Waals surface area contributed by atoms with Gasteiger partial charge in [-0.05, 0) is 24.8 Å². The Morgan fingerprint density at radius 1 is 1.22 bits per heavy atom. The van der Waals surface area contributed by atoms with Gasteiger partial charge in [-0.25, -0.2) is 0 Å². The second-order valence-electron chi connectivity index (χ2n) is 4.64. The topological polar surface area (TPSA) is 29.1 Å². The molecule has 0 unspecified atom stereocenters. The van der Waals surface area contributed by atoms with Gasteiger partial charge in [-0.15, -0.1) is 0 Å². The molecule has 0 radical (unpaired) electrons. The first kappa shape index (κ1) is 11.6. The van der Waals surface area contributed by atoms with Crippen molar-refractivity contribution in [3.05, 3.63) is 57.5 Å². The molecule has 1 aliphatic heterocycles. The third-order valence-corrected chi connectivity index (χ3v) is 4.40. The van der Waals surface area contributed by atoms with Crippen LogP contribution in [0.25, 0.3) is 0 Å². The van der Waals surface area contributed by atoms with E-state index in [2.05, 4.69) is 18.0 Å². The van der Waals surface area contributed by atoms with E-state index in [4.69, 9.17) is 0 Å². The first-order valence-electron chi connectivity index (χ1n) is 6.21. The molecule has 3 heteroatoms. The Labute approximate surface area is 111 Å². The van der Waals surface area contributed by atoms with Crippen LogP contribution in [0, 0.1) is 0 Å². The highest BCUT2D eigenvalue weighted by Crippen LogP contribution is 2.35. The van der Waals surface area contributed by atoms with E-state index in [9.17, 15) is 4.79 Å². The van der Waals surface area contributed by atoms with E-state index >= 15 is 0 Å². The lowest BCUT2D eigenvalue weighted by molar-refractivity contribution is 0.103. The van der Waals surface area contributed by atoms with Gasteiger partial charge >= 0.3 is 0 Å². The smallest absolute Gasteiger partial charge is 0.191 e. The van der Waals surface area contributed by atoms with Crippen molar-refractivity contribution in [2.24, 2.45) is 0 Å². The van der Waals surface area contributed by atoms with E-state index in [1.165, 1.54) is 5.56 Å². The second kappa shape index (κ2) is 4.65. The summed E-state index contributed by atoms with van der Waals surface area (Å²) in [6, 6.07) is 7.96. The van der Waals surface area contributed by atoms with E-state index in [-0.39, 0.29) is 5.78 Å². The summed E-state index contributed by atoms with van der Waals surface area (Å²) in [7, 11) is 0. The molecule has 0 spiro atoms. The Bertz CT molecular complexity index is 559. The SMILES string of the molecule is C=C1CN/C(=C2/CCCc3ccccc3C2=O)S1. The van der Waals surface area contributed by atoms with Crippen LogP contribution in [0.1, 0.15) is 28.8 Å². The third kappa shape index (κ3) is 1.99. The van der Waals surface area contributed by atoms with Crippen LogP contribution in [0.15, 0.2) is 46.4 Å². The zero-order valence-electron chi connectivity index (χ0n) is 10.2. The van der Waals surface area contributed by atoms with Crippen molar-refractivity contribution in [2.75, 3.05) is 6.54 Å². The molecule has 0 atom stereocenters. The van der Waals surface area contributed by atoms with Gasteiger partial charge in [-0.2, -0.15) is 0 Å². The third-order valence-electron chi connectivity index (χ3n) is 3.38. The number of allylic oxidation sites excluding steroid dienone is 1. The minimum absolute atomic E-state index is 0.188. The molecule has 0 aromatic heterocycles. The Morgan fingerprint density at radius 3 is 2.83 bits per heavy atom. The summed E-state index contributed by atoms with van der Waals surface area (Å²) in [6.45, 7) is 4.72. The predicted octanol–water partition coefficient (Wildman–Crippen LogP) is 3.27. The number of rotatable bonds is 0. The van der Waals surface area contributed by atoms with E-state index < -0.39 is 0 Å². The van der Waals surface area contributed by atoms with Gasteiger partial charge in [0.05, 0.1) is 5.03 Å². The molecule has 0 amide bonds. The molecule has 1 saturated heterocycles. The molecule has 92 valence electrons. The highest BCUT2D eigenvalue weighted by molar-refractivity contribution is 8.07. The normalized spacial score (nSPS) is 23.6. The molecule has 1 aromatic rings. The molecule has 0 bridgehead atoms. The average Bonchev–Trinajstić information content (AvgIpc) is 2.73. The molecule has 3 rings (SSSR count). The van der Waals surface area contributed by atoms with Crippen LogP contribution in [-0.4, -0.2) is 12.3 Å². The molecular weight excluding hydrogens is 242 g/mol. The van der Waals surface area contributed by atoms with E-state index in [1.807, 2.05) is 18.2 Å². The van der Waals surface area contributed by atoms with Crippen molar-refractivity contribution in [2.45, 2.75) is 19.3 Å². The number of nitrogens with one attached hydrogen (secondary N) is 1. The molecule has 1 heterocycles. The van der Waals surface area contributed by atoms with Crippen LogP contribution >= 0.6 is 11.8 Å². The standard InChI is InChI=1S/C15H15NOS/c1-10-9-16-15(18-10)13-8-4-6-11-5-2-3-7-12(11)14(13)17/h2-3,5,7,16H,1,4,6,8-9H2/b15-13+. The summed E-state index contributed by atoms with van der Waals surface area (Å²) in [5.74, 6) is 0.188. The minimum atomic E-state index is 0.188. The van der Waals surface area contributed by atoms with Crippen LogP contribution in [0.5, 0.6) is 0 Å². The highest BCUT2D eigenvalue weighted by Gasteiger charge is 2.25. The summed E-state index contributed by atoms with van der Waals surface area (Å²) in [6.07, 6.45) is 2.89. The summed E-state index contributed by atoms with van der Waals surface area (Å²) in [4.78, 5) is 13.7. The lowest BCUT2D eigenvalue weighted by Crippen LogP contribution is -2.12. The Morgan fingerprint density at radius 2 is 2.06 bits per heavy atom. The van der Waals surface area contributed by atoms with Gasteiger partial charge in [-0.1, -0.05) is 42.6 Å². The van der Waals surface area contributed by atoms with Crippen molar-refractivity contribution in [3.63, 3.8) is 0 Å². The van der Waals surface area contributed by atoms with Crippen LogP contribution < -0.4 is 5.32 Å². The maximum atomic E-state index is 12.6. The largest absolute Gasteiger partial charge is 0.375 e. The highest BCUT2D eigenvalue weighted by atomic mass is 32.2. The van der Waals surface area contributed by atoms with Gasteiger partial charge in [-0.3, -0.25) is 4.79 Å². The molecule has 1 aromatic carbocycles. The lowest BCUT2D eigenvalue weighted by atomic mass is 10.0. The van der Waals surface area contributed by atoms with Crippen molar-refractivity contribution in [1.29, 1.82) is 0 Å². The lowest BCUT2D eigenvalue weighted by Gasteiger charge is -2.07. The number of thioether (sulfide) groups is 1. The average molecular weight is 257 g/mol. The number of benzene rings is 1. The first-order chi connectivity index (χ1) is 8.75. The maximum Gasteiger partial charge on any atom is 0.191 e. The van der Waals surface area contributed by atoms with Crippen molar-refractivity contribution >= 4 is 17.5 Å². The number of aryl methyl sites for hydroxylation is 1. The van der Waals surface area contributed by atoms with Crippen molar-refractivity contribution < 1.29 is 4.79 Å². The fourth-order valence-corrected chi connectivity index (χ4v) is 3.37. The van der Waals surface area contributed by atoms with E-state index in [1.54, 1.807) is 11.8 Å². The molecule has 2 nitrogen and oxygen atoms in total. The van der Waals surface area contributed by atoms with Gasteiger partial charge < -0.3 is 5.32 Å². The molecular formula is C15H15NOS. The summed E-state index contributed by atoms with van der Waals surface area (Å²) < 4.78 is 0. The summed E-state index contributed by atoms with van der Waals surface area (Å²) in [5.41, 5.74) is 2.99. The number of fused-ring (bicyclic) bond motifs is 1. The quantitative estimate of drug-likeness (QED) is 0.571. The molecule has 0 saturated carbocycles. The van der Waals surface area contributed by atoms with Crippen LogP contribution in [0.3, 0.4) is 0 Å². The number of carbonyl (C=O) groups excluding carboxylic acids is 1. The monoisotopic (exact) mass is 257 g/mol. The van der Waals surface area contributed by atoms with Gasteiger partial charge in [0, 0.05) is 22.6 Å². The zero-order valence-corrected chi connectivity index (χ0v) is 11.0. The molecule has 1 fully saturated rings. The van der Waals surface area contributed by atoms with Crippen molar-refractivity contribution in [1.82, 2.24) is 5.32 Å². The zero-order chi connectivity index (χ0) is 12.5. The van der Waals surface area contributed by atoms with E-state index in [0.29, 0.717) is 0 Å². The molecule has 18 heavy (non-hydrogen) atoms. The van der Waals surface area contributed by atoms with Crippen LogP contribution in [-0.2, 0) is 6.42 Å². The Balaban J connectivity index is 2.05. The Hall–Kier alpha value is -1.48.